The van der Waals surface area contributed by atoms with Crippen LogP contribution in [0.25, 0.3) is 0 Å². The molecule has 1 aliphatic rings. The van der Waals surface area contributed by atoms with Crippen LogP contribution in [0.1, 0.15) is 6.92 Å². The highest BCUT2D eigenvalue weighted by molar-refractivity contribution is 5.68. The molecule has 5 heteroatoms. The van der Waals surface area contributed by atoms with Gasteiger partial charge in [-0.05, 0) is 6.92 Å². The summed E-state index contributed by atoms with van der Waals surface area (Å²) in [5, 5.41) is 7.60. The number of hydrogen-bond donors (Lipinski definition) is 2. The third kappa shape index (κ3) is 5.98. The van der Waals surface area contributed by atoms with Gasteiger partial charge in [-0.15, -0.1) is 0 Å². The van der Waals surface area contributed by atoms with E-state index in [4.69, 9.17) is 5.11 Å². The molecule has 0 atom stereocenters. The lowest BCUT2D eigenvalue weighted by molar-refractivity contribution is -0.135. The van der Waals surface area contributed by atoms with E-state index in [9.17, 15) is 4.79 Å². The summed E-state index contributed by atoms with van der Waals surface area (Å²) in [5.74, 6) is -0.968. The molecule has 0 saturated heterocycles. The number of carboxylic acids is 1. The molecule has 0 spiro atoms. The lowest BCUT2D eigenvalue weighted by atomic mass is 10.6. The predicted octanol–water partition coefficient (Wildman–Crippen LogP) is -0.288. The fourth-order valence-electron chi connectivity index (χ4n) is 0.794. The monoisotopic (exact) mass is 187 g/mol. The van der Waals surface area contributed by atoms with Gasteiger partial charge in [0, 0.05) is 26.0 Å². The molecule has 1 rings (SSSR count). The van der Waals surface area contributed by atoms with Gasteiger partial charge in [-0.3, -0.25) is 4.79 Å². The Morgan fingerprint density at radius 2 is 2.15 bits per heavy atom. The molecule has 0 bridgehead atoms. The number of carbonyl (C=O) groups is 1. The predicted molar refractivity (Wildman–Crippen MR) is 50.8 cm³/mol. The average Bonchev–Trinajstić information content (AvgIpc) is 2.52. The zero-order valence-electron chi connectivity index (χ0n) is 8.10. The van der Waals surface area contributed by atoms with Gasteiger partial charge in [0.25, 0.3) is 0 Å². The Hall–Kier alpha value is -1.23. The molecule has 0 aromatic heterocycles. The summed E-state index contributed by atoms with van der Waals surface area (Å²) in [6.07, 6.45) is 4.20. The number of nitrogens with two attached hydrogens (primary N) is 1. The van der Waals surface area contributed by atoms with Gasteiger partial charge in [-0.1, -0.05) is 0 Å². The third-order valence-electron chi connectivity index (χ3n) is 1.52. The Morgan fingerprint density at radius 1 is 1.62 bits per heavy atom. The van der Waals surface area contributed by atoms with Crippen LogP contribution >= 0.6 is 0 Å². The Balaban J connectivity index is 0.000000252. The summed E-state index contributed by atoms with van der Waals surface area (Å²) < 4.78 is 0. The SMILES string of the molecule is CCN1C=CN(C)C1.NCC(=O)O. The largest absolute Gasteiger partial charge is 0.480 e. The summed E-state index contributed by atoms with van der Waals surface area (Å²) in [5.41, 5.74) is 4.57. The summed E-state index contributed by atoms with van der Waals surface area (Å²) in [4.78, 5) is 13.6. The van der Waals surface area contributed by atoms with Crippen molar-refractivity contribution in [2.45, 2.75) is 6.92 Å². The van der Waals surface area contributed by atoms with Crippen LogP contribution < -0.4 is 5.73 Å². The first-order valence-corrected chi connectivity index (χ1v) is 4.14. The van der Waals surface area contributed by atoms with E-state index in [-0.39, 0.29) is 6.54 Å². The second-order valence-corrected chi connectivity index (χ2v) is 2.70. The van der Waals surface area contributed by atoms with Crippen LogP contribution in [0, 0.1) is 0 Å². The first-order valence-electron chi connectivity index (χ1n) is 4.14. The fourth-order valence-corrected chi connectivity index (χ4v) is 0.794. The minimum atomic E-state index is -0.968. The van der Waals surface area contributed by atoms with E-state index < -0.39 is 5.97 Å². The Morgan fingerprint density at radius 3 is 2.31 bits per heavy atom. The number of carboxylic acid groups (broad SMARTS) is 1. The van der Waals surface area contributed by atoms with E-state index in [0.29, 0.717) is 0 Å². The van der Waals surface area contributed by atoms with Crippen molar-refractivity contribution in [3.8, 4) is 0 Å². The molecule has 0 fully saturated rings. The van der Waals surface area contributed by atoms with Gasteiger partial charge in [0.05, 0.1) is 13.2 Å². The van der Waals surface area contributed by atoms with Crippen molar-refractivity contribution in [1.82, 2.24) is 9.80 Å². The van der Waals surface area contributed by atoms with Gasteiger partial charge in [0.15, 0.2) is 0 Å². The fraction of sp³-hybridized carbons (Fsp3) is 0.625. The van der Waals surface area contributed by atoms with E-state index in [2.05, 4.69) is 41.9 Å². The highest BCUT2D eigenvalue weighted by atomic mass is 16.4. The Kier molecular flexibility index (Phi) is 5.71. The quantitative estimate of drug-likeness (QED) is 0.622. The molecule has 1 aliphatic heterocycles. The van der Waals surface area contributed by atoms with Crippen molar-refractivity contribution in [3.63, 3.8) is 0 Å². The normalized spacial score (nSPS) is 14.1. The lowest BCUT2D eigenvalue weighted by Crippen LogP contribution is -2.21. The van der Waals surface area contributed by atoms with Gasteiger partial charge < -0.3 is 20.6 Å². The summed E-state index contributed by atoms with van der Waals surface area (Å²) in [6.45, 7) is 4.04. The van der Waals surface area contributed by atoms with Crippen molar-refractivity contribution >= 4 is 5.97 Å². The van der Waals surface area contributed by atoms with Crippen molar-refractivity contribution in [2.24, 2.45) is 5.73 Å². The third-order valence-corrected chi connectivity index (χ3v) is 1.52. The van der Waals surface area contributed by atoms with E-state index >= 15 is 0 Å². The lowest BCUT2D eigenvalue weighted by Gasteiger charge is -2.14. The minimum absolute atomic E-state index is 0.278. The zero-order chi connectivity index (χ0) is 10.3. The van der Waals surface area contributed by atoms with Crippen molar-refractivity contribution < 1.29 is 9.90 Å². The number of aliphatic carboxylic acids is 1. The van der Waals surface area contributed by atoms with E-state index in [1.54, 1.807) is 0 Å². The number of rotatable bonds is 2. The minimum Gasteiger partial charge on any atom is -0.480 e. The van der Waals surface area contributed by atoms with Crippen LogP contribution in [0.5, 0.6) is 0 Å². The molecular formula is C8H17N3O2. The maximum Gasteiger partial charge on any atom is 0.317 e. The molecule has 0 aliphatic carbocycles. The molecular weight excluding hydrogens is 170 g/mol. The maximum atomic E-state index is 9.24. The van der Waals surface area contributed by atoms with Crippen LogP contribution in [0.3, 0.4) is 0 Å². The maximum absolute atomic E-state index is 9.24. The molecule has 0 unspecified atom stereocenters. The summed E-state index contributed by atoms with van der Waals surface area (Å²) in [6, 6.07) is 0. The van der Waals surface area contributed by atoms with Gasteiger partial charge in [0.1, 0.15) is 0 Å². The van der Waals surface area contributed by atoms with E-state index in [1.807, 2.05) is 0 Å². The summed E-state index contributed by atoms with van der Waals surface area (Å²) >= 11 is 0. The smallest absolute Gasteiger partial charge is 0.317 e. The molecule has 5 nitrogen and oxygen atoms in total. The Labute approximate surface area is 78.4 Å². The van der Waals surface area contributed by atoms with Crippen LogP contribution in [0.4, 0.5) is 0 Å². The van der Waals surface area contributed by atoms with E-state index in [0.717, 1.165) is 13.2 Å². The molecule has 0 amide bonds. The van der Waals surface area contributed by atoms with Crippen molar-refractivity contribution in [3.05, 3.63) is 12.4 Å². The highest BCUT2D eigenvalue weighted by Gasteiger charge is 2.03. The molecule has 0 aromatic carbocycles. The standard InChI is InChI=1S/C6H12N2.C2H5NO2/c1-3-8-5-4-7(2)6-8;3-1-2(4)5/h4-5H,3,6H2,1-2H3;1,3H2,(H,4,5). The topological polar surface area (TPSA) is 69.8 Å². The molecule has 76 valence electrons. The molecule has 0 radical (unpaired) electrons. The van der Waals surface area contributed by atoms with Crippen LogP contribution in [0.15, 0.2) is 12.4 Å². The van der Waals surface area contributed by atoms with Gasteiger partial charge in [0.2, 0.25) is 0 Å². The first-order chi connectivity index (χ1) is 6.10. The molecule has 0 aromatic rings. The average molecular weight is 187 g/mol. The highest BCUT2D eigenvalue weighted by Crippen LogP contribution is 2.00. The van der Waals surface area contributed by atoms with Crippen LogP contribution in [-0.4, -0.2) is 47.7 Å². The van der Waals surface area contributed by atoms with Gasteiger partial charge >= 0.3 is 5.97 Å². The van der Waals surface area contributed by atoms with Gasteiger partial charge in [-0.2, -0.15) is 0 Å². The molecule has 3 N–H and O–H groups in total. The zero-order valence-corrected chi connectivity index (χ0v) is 8.10. The van der Waals surface area contributed by atoms with Gasteiger partial charge in [-0.25, -0.2) is 0 Å². The van der Waals surface area contributed by atoms with Crippen LogP contribution in [-0.2, 0) is 4.79 Å². The molecule has 13 heavy (non-hydrogen) atoms. The Bertz CT molecular complexity index is 182. The van der Waals surface area contributed by atoms with Crippen molar-refractivity contribution in [2.75, 3.05) is 26.8 Å². The summed E-state index contributed by atoms with van der Waals surface area (Å²) in [7, 11) is 2.08. The first kappa shape index (κ1) is 11.8. The molecule has 0 saturated carbocycles. The number of nitrogens with zero attached hydrogens (tertiary/aromatic N) is 2. The second kappa shape index (κ2) is 6.30. The van der Waals surface area contributed by atoms with Crippen molar-refractivity contribution in [1.29, 1.82) is 0 Å². The van der Waals surface area contributed by atoms with Crippen LogP contribution in [0.2, 0.25) is 0 Å². The molecule has 1 heterocycles. The van der Waals surface area contributed by atoms with E-state index in [1.165, 1.54) is 0 Å². The number of hydrogen-bond acceptors (Lipinski definition) is 4. The second-order valence-electron chi connectivity index (χ2n) is 2.70.